The number of hydrogen-bond donors (Lipinski definition) is 0. The van der Waals surface area contributed by atoms with Gasteiger partial charge in [-0.15, -0.1) is 0 Å². The molecule has 16 rings (SSSR count). The van der Waals surface area contributed by atoms with E-state index in [0.29, 0.717) is 0 Å². The van der Waals surface area contributed by atoms with E-state index in [0.717, 1.165) is 116 Å². The summed E-state index contributed by atoms with van der Waals surface area (Å²) < 4.78 is 9.64. The van der Waals surface area contributed by atoms with E-state index < -0.39 is 5.41 Å². The van der Waals surface area contributed by atoms with Crippen LogP contribution < -0.4 is 0 Å². The van der Waals surface area contributed by atoms with Gasteiger partial charge in [-0.2, -0.15) is 0 Å². The lowest BCUT2D eigenvalue weighted by Gasteiger charge is -2.32. The molecule has 80 heavy (non-hydrogen) atoms. The van der Waals surface area contributed by atoms with E-state index in [9.17, 15) is 0 Å². The van der Waals surface area contributed by atoms with Gasteiger partial charge in [0.1, 0.15) is 5.82 Å². The standard InChI is InChI=1S/C72H50N8/c1-72(2,3)68-67(47-26-30-50(31-27-47)77-62-32-28-48(45-16-6-4-7-17-45)40-54(62)55-41-49(29-33-63(55)77)46-18-8-5-9-19-46)70(79-60-24-14-11-21-52(60)57-43-74-38-35-65(57)79)76-71(80-61-25-15-12-22-53(61)58-44-75-39-36-66(58)80)69(68)78-59-23-13-10-20-51(59)56-42-73-37-34-64(56)78/h4-44H,1-3H3. The smallest absolute Gasteiger partial charge is 0.164 e. The molecule has 0 saturated heterocycles. The van der Waals surface area contributed by atoms with Gasteiger partial charge in [-0.25, -0.2) is 4.98 Å². The van der Waals surface area contributed by atoms with Crippen LogP contribution in [0.15, 0.2) is 250 Å². The third-order valence-corrected chi connectivity index (χ3v) is 16.3. The molecule has 8 heteroatoms. The zero-order valence-corrected chi connectivity index (χ0v) is 44.2. The molecule has 0 amide bonds. The minimum absolute atomic E-state index is 0.485. The van der Waals surface area contributed by atoms with Gasteiger partial charge in [0.2, 0.25) is 0 Å². The van der Waals surface area contributed by atoms with Crippen LogP contribution in [-0.2, 0) is 5.41 Å². The van der Waals surface area contributed by atoms with Gasteiger partial charge in [0, 0.05) is 91.5 Å². The van der Waals surface area contributed by atoms with Crippen LogP contribution in [0, 0.1) is 0 Å². The first kappa shape index (κ1) is 45.7. The van der Waals surface area contributed by atoms with Gasteiger partial charge in [-0.05, 0) is 112 Å². The van der Waals surface area contributed by atoms with E-state index in [2.05, 4.69) is 251 Å². The molecule has 8 aromatic carbocycles. The number of hydrogen-bond acceptors (Lipinski definition) is 4. The third kappa shape index (κ3) is 6.82. The molecule has 0 aliphatic carbocycles. The largest absolute Gasteiger partial charge is 0.309 e. The molecule has 0 unspecified atom stereocenters. The van der Waals surface area contributed by atoms with E-state index in [1.54, 1.807) is 0 Å². The molecule has 0 aliphatic heterocycles. The molecular formula is C72H50N8. The van der Waals surface area contributed by atoms with Gasteiger partial charge in [-0.1, -0.05) is 160 Å². The van der Waals surface area contributed by atoms with Crippen LogP contribution in [0.1, 0.15) is 26.3 Å². The summed E-state index contributed by atoms with van der Waals surface area (Å²) >= 11 is 0. The van der Waals surface area contributed by atoms with Gasteiger partial charge in [0.05, 0.1) is 49.8 Å². The van der Waals surface area contributed by atoms with Crippen LogP contribution in [0.2, 0.25) is 0 Å². The molecule has 8 nitrogen and oxygen atoms in total. The topological polar surface area (TPSA) is 71.3 Å². The Morgan fingerprint density at radius 3 is 1.16 bits per heavy atom. The Morgan fingerprint density at radius 2 is 0.688 bits per heavy atom. The lowest BCUT2D eigenvalue weighted by atomic mass is 9.80. The van der Waals surface area contributed by atoms with Crippen molar-refractivity contribution < 1.29 is 0 Å². The number of nitrogens with zero attached hydrogens (tertiary/aromatic N) is 8. The van der Waals surface area contributed by atoms with Crippen LogP contribution in [0.3, 0.4) is 0 Å². The molecule has 0 spiro atoms. The minimum atomic E-state index is -0.485. The molecular weight excluding hydrogens is 977 g/mol. The van der Waals surface area contributed by atoms with Gasteiger partial charge in [0.25, 0.3) is 0 Å². The first-order valence-corrected chi connectivity index (χ1v) is 27.3. The first-order chi connectivity index (χ1) is 39.4. The third-order valence-electron chi connectivity index (χ3n) is 16.3. The second kappa shape index (κ2) is 17.5. The SMILES string of the molecule is CC(C)(C)c1c(-c2ccc(-n3c4ccc(-c5ccccc5)cc4c4cc(-c5ccccc5)ccc43)cc2)c(-n2c3ccccc3c3cnccc32)nc(-n2c3ccccc3c3cnccc32)c1-n1c2ccccc2c2cnccc21. The summed E-state index contributed by atoms with van der Waals surface area (Å²) in [6.45, 7) is 7.05. The molecule has 0 N–H and O–H groups in total. The first-order valence-electron chi connectivity index (χ1n) is 27.3. The van der Waals surface area contributed by atoms with E-state index >= 15 is 0 Å². The highest BCUT2D eigenvalue weighted by atomic mass is 15.2. The molecule has 0 radical (unpaired) electrons. The summed E-state index contributed by atoms with van der Waals surface area (Å²) in [4.78, 5) is 20.4. The van der Waals surface area contributed by atoms with Crippen LogP contribution in [0.4, 0.5) is 0 Å². The predicted octanol–water partition coefficient (Wildman–Crippen LogP) is 18.0. The lowest BCUT2D eigenvalue weighted by Crippen LogP contribution is -2.22. The van der Waals surface area contributed by atoms with Crippen molar-refractivity contribution >= 4 is 87.2 Å². The Labute approximate surface area is 460 Å². The average Bonchev–Trinajstić information content (AvgIpc) is 4.30. The van der Waals surface area contributed by atoms with Gasteiger partial charge < -0.3 is 9.13 Å². The molecule has 0 bridgehead atoms. The summed E-state index contributed by atoms with van der Waals surface area (Å²) in [5, 5.41) is 8.93. The maximum atomic E-state index is 6.24. The number of benzene rings is 8. The molecule has 0 fully saturated rings. The van der Waals surface area contributed by atoms with Gasteiger partial charge in [0.15, 0.2) is 5.82 Å². The molecule has 0 aliphatic rings. The summed E-state index contributed by atoms with van der Waals surface area (Å²) in [5.41, 5.74) is 18.1. The van der Waals surface area contributed by atoms with Crippen molar-refractivity contribution in [1.29, 1.82) is 0 Å². The zero-order valence-electron chi connectivity index (χ0n) is 44.2. The van der Waals surface area contributed by atoms with Crippen molar-refractivity contribution in [2.75, 3.05) is 0 Å². The molecule has 378 valence electrons. The van der Waals surface area contributed by atoms with E-state index in [-0.39, 0.29) is 0 Å². The van der Waals surface area contributed by atoms with Gasteiger partial charge in [-0.3, -0.25) is 24.1 Å². The number of pyridine rings is 4. The average molecular weight is 1030 g/mol. The van der Waals surface area contributed by atoms with Crippen molar-refractivity contribution in [1.82, 2.24) is 38.2 Å². The monoisotopic (exact) mass is 1030 g/mol. The quantitative estimate of drug-likeness (QED) is 0.159. The normalized spacial score (nSPS) is 12.2. The fraction of sp³-hybridized carbons (Fsp3) is 0.0556. The van der Waals surface area contributed by atoms with Crippen LogP contribution in [0.5, 0.6) is 0 Å². The fourth-order valence-corrected chi connectivity index (χ4v) is 12.9. The van der Waals surface area contributed by atoms with Gasteiger partial charge >= 0.3 is 0 Å². The molecule has 8 heterocycles. The van der Waals surface area contributed by atoms with E-state index in [4.69, 9.17) is 19.9 Å². The second-order valence-corrected chi connectivity index (χ2v) is 21.9. The molecule has 8 aromatic heterocycles. The van der Waals surface area contributed by atoms with Crippen LogP contribution in [0.25, 0.3) is 144 Å². The number of aromatic nitrogens is 8. The molecule has 0 atom stereocenters. The maximum absolute atomic E-state index is 6.24. The molecule has 16 aromatic rings. The summed E-state index contributed by atoms with van der Waals surface area (Å²) in [5.74, 6) is 1.62. The van der Waals surface area contributed by atoms with Crippen LogP contribution >= 0.6 is 0 Å². The predicted molar refractivity (Wildman–Crippen MR) is 330 cm³/mol. The number of rotatable bonds is 7. The highest BCUT2D eigenvalue weighted by molar-refractivity contribution is 6.14. The summed E-state index contributed by atoms with van der Waals surface area (Å²) in [6, 6.07) is 76.9. The van der Waals surface area contributed by atoms with Crippen molar-refractivity contribution in [3.05, 3.63) is 255 Å². The zero-order chi connectivity index (χ0) is 53.2. The molecule has 0 saturated carbocycles. The Balaban J connectivity index is 1.04. The van der Waals surface area contributed by atoms with E-state index in [1.807, 2.05) is 37.2 Å². The Morgan fingerprint density at radius 1 is 0.300 bits per heavy atom. The highest BCUT2D eigenvalue weighted by Gasteiger charge is 2.35. The fourth-order valence-electron chi connectivity index (χ4n) is 12.9. The Hall–Kier alpha value is -10.4. The number of fused-ring (bicyclic) bond motifs is 12. The second-order valence-electron chi connectivity index (χ2n) is 21.9. The highest BCUT2D eigenvalue weighted by Crippen LogP contribution is 2.49. The summed E-state index contributed by atoms with van der Waals surface area (Å²) in [7, 11) is 0. The maximum Gasteiger partial charge on any atom is 0.164 e. The Bertz CT molecular complexity index is 4890. The van der Waals surface area contributed by atoms with Crippen molar-refractivity contribution in [3.63, 3.8) is 0 Å². The summed E-state index contributed by atoms with van der Waals surface area (Å²) in [6.07, 6.45) is 11.7. The van der Waals surface area contributed by atoms with Crippen molar-refractivity contribution in [3.8, 4) is 56.4 Å². The van der Waals surface area contributed by atoms with Crippen molar-refractivity contribution in [2.24, 2.45) is 0 Å². The van der Waals surface area contributed by atoms with Crippen LogP contribution in [-0.4, -0.2) is 38.2 Å². The number of para-hydroxylation sites is 3. The Kier molecular flexibility index (Phi) is 10.0. The van der Waals surface area contributed by atoms with E-state index in [1.165, 1.54) is 33.0 Å². The van der Waals surface area contributed by atoms with Crippen molar-refractivity contribution in [2.45, 2.75) is 26.2 Å². The minimum Gasteiger partial charge on any atom is -0.309 e. The lowest BCUT2D eigenvalue weighted by molar-refractivity contribution is 0.587.